The molecule has 0 aromatic rings. The first-order chi connectivity index (χ1) is 5.93. The van der Waals surface area contributed by atoms with E-state index in [-0.39, 0.29) is 0 Å². The number of methoxy groups -OCH3 is 1. The van der Waals surface area contributed by atoms with Crippen LogP contribution in [0.1, 0.15) is 38.5 Å². The molecule has 0 N–H and O–H groups in total. The van der Waals surface area contributed by atoms with Gasteiger partial charge in [0, 0.05) is 20.3 Å². The first-order valence-corrected chi connectivity index (χ1v) is 5.04. The van der Waals surface area contributed by atoms with Gasteiger partial charge >= 0.3 is 0 Å². The number of hydrogen-bond donors (Lipinski definition) is 0. The fourth-order valence-corrected chi connectivity index (χ4v) is 1.69. The van der Waals surface area contributed by atoms with E-state index >= 15 is 0 Å². The zero-order valence-electron chi connectivity index (χ0n) is 8.05. The summed E-state index contributed by atoms with van der Waals surface area (Å²) >= 11 is 0. The van der Waals surface area contributed by atoms with Crippen molar-refractivity contribution in [3.63, 3.8) is 0 Å². The van der Waals surface area contributed by atoms with Crippen molar-refractivity contribution >= 4 is 0 Å². The molecule has 0 amide bonds. The van der Waals surface area contributed by atoms with Crippen LogP contribution in [0, 0.1) is 0 Å². The van der Waals surface area contributed by atoms with Gasteiger partial charge in [-0.3, -0.25) is 0 Å². The summed E-state index contributed by atoms with van der Waals surface area (Å²) in [5.74, 6) is 0. The van der Waals surface area contributed by atoms with Gasteiger partial charge in [0.05, 0.1) is 6.10 Å². The summed E-state index contributed by atoms with van der Waals surface area (Å²) in [5, 5.41) is 0. The molecular formula is C10H20O2. The van der Waals surface area contributed by atoms with E-state index in [1.54, 1.807) is 7.11 Å². The van der Waals surface area contributed by atoms with E-state index in [0.29, 0.717) is 6.10 Å². The van der Waals surface area contributed by atoms with E-state index in [4.69, 9.17) is 9.47 Å². The summed E-state index contributed by atoms with van der Waals surface area (Å²) in [4.78, 5) is 0. The van der Waals surface area contributed by atoms with Gasteiger partial charge in [-0.25, -0.2) is 0 Å². The maximum atomic E-state index is 5.70. The summed E-state index contributed by atoms with van der Waals surface area (Å²) in [6.45, 7) is 1.70. The molecule has 0 spiro atoms. The van der Waals surface area contributed by atoms with Crippen LogP contribution in [0.25, 0.3) is 0 Å². The third-order valence-electron chi connectivity index (χ3n) is 2.40. The molecule has 1 aliphatic carbocycles. The highest BCUT2D eigenvalue weighted by Gasteiger charge is 2.12. The van der Waals surface area contributed by atoms with Crippen molar-refractivity contribution in [1.82, 2.24) is 0 Å². The summed E-state index contributed by atoms with van der Waals surface area (Å²) < 4.78 is 10.7. The fraction of sp³-hybridized carbons (Fsp3) is 1.00. The Morgan fingerprint density at radius 2 is 1.83 bits per heavy atom. The summed E-state index contributed by atoms with van der Waals surface area (Å²) in [7, 11) is 1.74. The van der Waals surface area contributed by atoms with Gasteiger partial charge in [0.15, 0.2) is 0 Å². The van der Waals surface area contributed by atoms with Crippen molar-refractivity contribution in [1.29, 1.82) is 0 Å². The van der Waals surface area contributed by atoms with E-state index in [1.165, 1.54) is 32.1 Å². The lowest BCUT2D eigenvalue weighted by molar-refractivity contribution is 0.0182. The summed E-state index contributed by atoms with van der Waals surface area (Å²) in [6, 6.07) is 0. The zero-order chi connectivity index (χ0) is 8.65. The molecule has 0 aliphatic heterocycles. The van der Waals surface area contributed by atoms with Crippen LogP contribution in [0.4, 0.5) is 0 Å². The first kappa shape index (κ1) is 10.0. The minimum Gasteiger partial charge on any atom is -0.385 e. The van der Waals surface area contributed by atoms with Gasteiger partial charge in [-0.05, 0) is 19.3 Å². The van der Waals surface area contributed by atoms with E-state index in [2.05, 4.69) is 0 Å². The normalized spacial score (nSPS) is 19.8. The Hall–Kier alpha value is -0.0800. The smallest absolute Gasteiger partial charge is 0.0575 e. The minimum atomic E-state index is 0.551. The topological polar surface area (TPSA) is 18.5 Å². The van der Waals surface area contributed by atoms with Gasteiger partial charge in [0.2, 0.25) is 0 Å². The van der Waals surface area contributed by atoms with Crippen LogP contribution in [0.15, 0.2) is 0 Å². The largest absolute Gasteiger partial charge is 0.385 e. The maximum absolute atomic E-state index is 5.70. The molecule has 72 valence electrons. The molecule has 0 radical (unpaired) electrons. The third-order valence-corrected chi connectivity index (χ3v) is 2.40. The van der Waals surface area contributed by atoms with Crippen LogP contribution in [0.5, 0.6) is 0 Å². The molecule has 12 heavy (non-hydrogen) atoms. The third kappa shape index (κ3) is 4.07. The lowest BCUT2D eigenvalue weighted by Gasteiger charge is -2.21. The highest BCUT2D eigenvalue weighted by molar-refractivity contribution is 4.64. The van der Waals surface area contributed by atoms with Crippen LogP contribution in [0.3, 0.4) is 0 Å². The number of rotatable bonds is 5. The minimum absolute atomic E-state index is 0.551. The van der Waals surface area contributed by atoms with E-state index in [0.717, 1.165) is 19.6 Å². The number of hydrogen-bond acceptors (Lipinski definition) is 2. The van der Waals surface area contributed by atoms with E-state index in [1.807, 2.05) is 0 Å². The Morgan fingerprint density at radius 3 is 2.50 bits per heavy atom. The van der Waals surface area contributed by atoms with Crippen molar-refractivity contribution in [2.24, 2.45) is 0 Å². The van der Waals surface area contributed by atoms with Crippen molar-refractivity contribution in [2.75, 3.05) is 20.3 Å². The van der Waals surface area contributed by atoms with Crippen LogP contribution < -0.4 is 0 Å². The average Bonchev–Trinajstić information content (AvgIpc) is 2.14. The first-order valence-electron chi connectivity index (χ1n) is 5.04. The summed E-state index contributed by atoms with van der Waals surface area (Å²) in [6.07, 6.45) is 8.24. The van der Waals surface area contributed by atoms with Crippen LogP contribution in [-0.2, 0) is 9.47 Å². The molecule has 0 aromatic carbocycles. The Morgan fingerprint density at radius 1 is 1.08 bits per heavy atom. The van der Waals surface area contributed by atoms with Gasteiger partial charge in [-0.2, -0.15) is 0 Å². The molecular weight excluding hydrogens is 152 g/mol. The molecule has 2 nitrogen and oxygen atoms in total. The predicted molar refractivity (Wildman–Crippen MR) is 49.3 cm³/mol. The van der Waals surface area contributed by atoms with Gasteiger partial charge in [-0.1, -0.05) is 19.3 Å². The molecule has 0 bridgehead atoms. The molecule has 1 rings (SSSR count). The monoisotopic (exact) mass is 172 g/mol. The highest BCUT2D eigenvalue weighted by Crippen LogP contribution is 2.20. The molecule has 1 aliphatic rings. The zero-order valence-corrected chi connectivity index (χ0v) is 8.05. The second-order valence-electron chi connectivity index (χ2n) is 3.48. The average molecular weight is 172 g/mol. The van der Waals surface area contributed by atoms with Gasteiger partial charge in [-0.15, -0.1) is 0 Å². The lowest BCUT2D eigenvalue weighted by atomic mass is 9.98. The quantitative estimate of drug-likeness (QED) is 0.593. The fourth-order valence-electron chi connectivity index (χ4n) is 1.69. The van der Waals surface area contributed by atoms with E-state index in [9.17, 15) is 0 Å². The van der Waals surface area contributed by atoms with Crippen LogP contribution >= 0.6 is 0 Å². The standard InChI is InChI=1S/C10H20O2/c1-11-8-5-9-12-10-6-3-2-4-7-10/h10H,2-9H2,1H3. The Bertz CT molecular complexity index is 98.0. The Kier molecular flexibility index (Phi) is 5.37. The summed E-state index contributed by atoms with van der Waals surface area (Å²) in [5.41, 5.74) is 0. The van der Waals surface area contributed by atoms with Crippen LogP contribution in [0.2, 0.25) is 0 Å². The van der Waals surface area contributed by atoms with Crippen molar-refractivity contribution < 1.29 is 9.47 Å². The molecule has 0 unspecified atom stereocenters. The SMILES string of the molecule is COCCCOC1CCCCC1. The van der Waals surface area contributed by atoms with Crippen molar-refractivity contribution in [2.45, 2.75) is 44.6 Å². The molecule has 1 saturated carbocycles. The van der Waals surface area contributed by atoms with Gasteiger partial charge in [0.25, 0.3) is 0 Å². The predicted octanol–water partition coefficient (Wildman–Crippen LogP) is 2.37. The van der Waals surface area contributed by atoms with Crippen LogP contribution in [-0.4, -0.2) is 26.4 Å². The Labute approximate surface area is 75.2 Å². The van der Waals surface area contributed by atoms with E-state index < -0.39 is 0 Å². The second-order valence-corrected chi connectivity index (χ2v) is 3.48. The maximum Gasteiger partial charge on any atom is 0.0575 e. The number of ether oxygens (including phenoxy) is 2. The molecule has 0 aromatic heterocycles. The highest BCUT2D eigenvalue weighted by atomic mass is 16.5. The van der Waals surface area contributed by atoms with Gasteiger partial charge in [0.1, 0.15) is 0 Å². The van der Waals surface area contributed by atoms with Crippen molar-refractivity contribution in [3.8, 4) is 0 Å². The molecule has 0 heterocycles. The molecule has 1 fully saturated rings. The lowest BCUT2D eigenvalue weighted by Crippen LogP contribution is -2.17. The van der Waals surface area contributed by atoms with Crippen molar-refractivity contribution in [3.05, 3.63) is 0 Å². The Balaban J connectivity index is 1.91. The molecule has 0 atom stereocenters. The molecule has 2 heteroatoms. The molecule has 0 saturated heterocycles. The van der Waals surface area contributed by atoms with Gasteiger partial charge < -0.3 is 9.47 Å². The second kappa shape index (κ2) is 6.44.